The van der Waals surface area contributed by atoms with Gasteiger partial charge in [0.2, 0.25) is 0 Å². The number of hydrogen-bond acceptors (Lipinski definition) is 11. The molecule has 2 aromatic heterocycles. The fourth-order valence-electron chi connectivity index (χ4n) is 9.80. The molecule has 5 N–H and O–H groups in total. The topological polar surface area (TPSA) is 196 Å². The van der Waals surface area contributed by atoms with Gasteiger partial charge >= 0.3 is 12.2 Å². The first kappa shape index (κ1) is 46.1. The second-order valence-electron chi connectivity index (χ2n) is 17.8. The number of carbonyl (C=O) groups is 3. The van der Waals surface area contributed by atoms with E-state index in [2.05, 4.69) is 75.4 Å². The van der Waals surface area contributed by atoms with Gasteiger partial charge in [-0.05, 0) is 90.9 Å². The number of H-pyrrole nitrogens is 2. The number of aromatic nitrogens is 4. The lowest BCUT2D eigenvalue weighted by Crippen LogP contribution is -2.55. The van der Waals surface area contributed by atoms with Gasteiger partial charge in [-0.15, -0.1) is 0 Å². The first-order chi connectivity index (χ1) is 31.8. The van der Waals surface area contributed by atoms with E-state index in [1.807, 2.05) is 39.0 Å². The summed E-state index contributed by atoms with van der Waals surface area (Å²) in [5.41, 5.74) is 6.91. The van der Waals surface area contributed by atoms with Gasteiger partial charge in [0.1, 0.15) is 36.3 Å². The van der Waals surface area contributed by atoms with Gasteiger partial charge in [0.05, 0.1) is 61.9 Å². The Hall–Kier alpha value is -6.49. The number of carbonyl (C=O) groups excluding carboxylic acids is 3. The molecule has 0 bridgehead atoms. The molecule has 7 atom stereocenters. The van der Waals surface area contributed by atoms with Crippen LogP contribution in [-0.4, -0.2) is 112 Å². The molecule has 0 saturated carbocycles. The zero-order valence-electron chi connectivity index (χ0n) is 38.6. The van der Waals surface area contributed by atoms with Crippen LogP contribution in [0.3, 0.4) is 0 Å². The lowest BCUT2D eigenvalue weighted by molar-refractivity contribution is -0.133. The highest BCUT2D eigenvalue weighted by atomic mass is 16.5. The molecule has 0 spiro atoms. The van der Waals surface area contributed by atoms with Crippen LogP contribution in [0.2, 0.25) is 0 Å². The smallest absolute Gasteiger partial charge is 0.407 e. The highest BCUT2D eigenvalue weighted by Gasteiger charge is 2.43. The number of nitrogens with one attached hydrogen (secondary N) is 4. The fourth-order valence-corrected chi connectivity index (χ4v) is 9.80. The van der Waals surface area contributed by atoms with Gasteiger partial charge in [-0.3, -0.25) is 9.69 Å². The Morgan fingerprint density at radius 3 is 2.52 bits per heavy atom. The predicted octanol–water partition coefficient (Wildman–Crippen LogP) is 7.84. The highest BCUT2D eigenvalue weighted by molar-refractivity contribution is 6.07. The van der Waals surface area contributed by atoms with Gasteiger partial charge < -0.3 is 49.6 Å². The Bertz CT molecular complexity index is 2690. The van der Waals surface area contributed by atoms with Crippen molar-refractivity contribution in [3.8, 4) is 28.1 Å². The zero-order valence-corrected chi connectivity index (χ0v) is 38.6. The molecule has 3 aliphatic heterocycles. The molecule has 1 unspecified atom stereocenters. The summed E-state index contributed by atoms with van der Waals surface area (Å²) in [7, 11) is 4.22. The van der Waals surface area contributed by atoms with Crippen LogP contribution in [0, 0.1) is 11.8 Å². The largest absolute Gasteiger partial charge is 0.488 e. The number of amides is 3. The van der Waals surface area contributed by atoms with Crippen molar-refractivity contribution in [2.75, 3.05) is 34.5 Å². The Kier molecular flexibility index (Phi) is 13.6. The van der Waals surface area contributed by atoms with Crippen molar-refractivity contribution in [3.05, 3.63) is 102 Å². The first-order valence-corrected chi connectivity index (χ1v) is 22.5. The molecule has 0 radical (unpaired) electrons. The monoisotopic (exact) mass is 900 g/mol. The molecule has 66 heavy (non-hydrogen) atoms. The minimum atomic E-state index is -1.05. The molecule has 5 aromatic rings. The number of ether oxygens (including phenoxy) is 4. The van der Waals surface area contributed by atoms with Gasteiger partial charge in [0, 0.05) is 36.6 Å². The molecule has 3 amide bonds. The summed E-state index contributed by atoms with van der Waals surface area (Å²) in [6.07, 6.45) is 8.95. The van der Waals surface area contributed by atoms with E-state index in [0.717, 1.165) is 74.2 Å². The summed E-state index contributed by atoms with van der Waals surface area (Å²) < 4.78 is 21.7. The Morgan fingerprint density at radius 2 is 1.77 bits per heavy atom. The fraction of sp³-hybridized carbons (Fsp3) is 0.420. The summed E-state index contributed by atoms with van der Waals surface area (Å²) >= 11 is 0. The van der Waals surface area contributed by atoms with Crippen LogP contribution < -0.4 is 15.4 Å². The number of methoxy groups -OCH3 is 3. The van der Waals surface area contributed by atoms with E-state index in [-0.39, 0.29) is 29.8 Å². The molecule has 16 heteroatoms. The van der Waals surface area contributed by atoms with Gasteiger partial charge in [-0.2, -0.15) is 0 Å². The van der Waals surface area contributed by atoms with Crippen molar-refractivity contribution in [1.29, 1.82) is 0 Å². The molecule has 5 heterocycles. The third kappa shape index (κ3) is 9.04. The van der Waals surface area contributed by atoms with E-state index < -0.39 is 36.5 Å². The summed E-state index contributed by atoms with van der Waals surface area (Å²) in [6, 6.07) is 12.5. The van der Waals surface area contributed by atoms with Crippen LogP contribution in [0.1, 0.15) is 76.3 Å². The number of benzene rings is 3. The van der Waals surface area contributed by atoms with Gasteiger partial charge in [-0.1, -0.05) is 62.9 Å². The molecule has 3 aliphatic rings. The average Bonchev–Trinajstić information content (AvgIpc) is 4.14. The lowest BCUT2D eigenvalue weighted by Gasteiger charge is -2.38. The maximum Gasteiger partial charge on any atom is 0.407 e. The molecule has 8 rings (SSSR count). The molecule has 348 valence electrons. The maximum atomic E-state index is 14.3. The number of nitrogens with zero attached hydrogens (tertiary/aromatic N) is 4. The van der Waals surface area contributed by atoms with Gasteiger partial charge in [0.15, 0.2) is 0 Å². The number of alkyl carbamates (subject to hydrolysis) is 2. The summed E-state index contributed by atoms with van der Waals surface area (Å²) in [6.45, 7) is 13.2. The number of likely N-dealkylation sites (tertiary alicyclic amines) is 2. The molecule has 0 aliphatic carbocycles. The van der Waals surface area contributed by atoms with Crippen molar-refractivity contribution < 1.29 is 38.4 Å². The molecule has 3 aromatic carbocycles. The lowest BCUT2D eigenvalue weighted by atomic mass is 9.92. The Labute approximate surface area is 384 Å². The predicted molar refractivity (Wildman–Crippen MR) is 251 cm³/mol. The second kappa shape index (κ2) is 19.5. The number of rotatable bonds is 14. The minimum absolute atomic E-state index is 0.0449. The third-order valence-electron chi connectivity index (χ3n) is 13.2. The molecular weight excluding hydrogens is 841 g/mol. The molecular formula is C50H60N8O8. The van der Waals surface area contributed by atoms with Gasteiger partial charge in [-0.25, -0.2) is 19.6 Å². The standard InChI is InChI=1S/C50H60N8O8/c1-9-10-11-12-28(4)43(56-50(62)65-8)47(59)57-24-30(25-63-6)19-40(57)45-51-23-38(53-45)32-14-16-34-33(20-32)26-66-41-22-35-31(21-36(34)41)15-17-37-44(35)54-46(52-37)39-18-13-29(5)58(39)48(60)42(27(2)3)55-49(61)64-7/h9-12,14-17,20-23,27,29-30,39-40,42-43,48,60H,4,13,18-19,24-26H2,1-3,5-8H3,(H,51,53)(H,52,54)(H,55,61)(H,56,62)/b10-9-,12-11-/t29-,30-,39-,40-,42-,43+,48?/m0/s1. The van der Waals surface area contributed by atoms with Crippen molar-refractivity contribution in [2.45, 2.75) is 90.0 Å². The van der Waals surface area contributed by atoms with E-state index >= 15 is 0 Å². The SMILES string of the molecule is C=C(/C=C\C=C/C)[C@@H](NC(=O)OC)C(=O)N1C[C@@H](COC)C[C@H]1c1ncc(-c2ccc3c(c2)COc2cc4c(ccc5[nH]c([C@@H]6CC[C@H](C)N6C(O)[C@@H](NC(=O)OC)C(C)C)nc54)cc2-3)[nH]1. The van der Waals surface area contributed by atoms with E-state index in [1.54, 1.807) is 30.4 Å². The average molecular weight is 901 g/mol. The maximum absolute atomic E-state index is 14.3. The normalized spacial score (nSPS) is 21.0. The molecule has 2 saturated heterocycles. The number of hydrogen-bond donors (Lipinski definition) is 5. The van der Waals surface area contributed by atoms with Crippen LogP contribution in [0.15, 0.2) is 85.1 Å². The summed E-state index contributed by atoms with van der Waals surface area (Å²) in [5.74, 6) is 1.84. The van der Waals surface area contributed by atoms with Crippen molar-refractivity contribution in [3.63, 3.8) is 0 Å². The van der Waals surface area contributed by atoms with Crippen molar-refractivity contribution in [1.82, 2.24) is 40.4 Å². The number of aliphatic hydroxyl groups is 1. The minimum Gasteiger partial charge on any atom is -0.488 e. The quantitative estimate of drug-likeness (QED) is 0.0682. The van der Waals surface area contributed by atoms with Crippen LogP contribution in [0.5, 0.6) is 5.75 Å². The Morgan fingerprint density at radius 1 is 0.985 bits per heavy atom. The van der Waals surface area contributed by atoms with E-state index in [9.17, 15) is 19.5 Å². The number of fused-ring (bicyclic) bond motifs is 6. The zero-order chi connectivity index (χ0) is 46.8. The van der Waals surface area contributed by atoms with Crippen molar-refractivity contribution >= 4 is 39.9 Å². The molecule has 2 fully saturated rings. The van der Waals surface area contributed by atoms with E-state index in [1.165, 1.54) is 14.2 Å². The van der Waals surface area contributed by atoms with Gasteiger partial charge in [0.25, 0.3) is 5.91 Å². The van der Waals surface area contributed by atoms with Crippen LogP contribution in [0.25, 0.3) is 44.2 Å². The first-order valence-electron chi connectivity index (χ1n) is 22.5. The summed E-state index contributed by atoms with van der Waals surface area (Å²) in [4.78, 5) is 59.7. The van der Waals surface area contributed by atoms with Crippen molar-refractivity contribution in [2.24, 2.45) is 11.8 Å². The molecule has 16 nitrogen and oxygen atoms in total. The highest BCUT2D eigenvalue weighted by Crippen LogP contribution is 2.44. The second-order valence-corrected chi connectivity index (χ2v) is 17.8. The van der Waals surface area contributed by atoms with E-state index in [0.29, 0.717) is 37.6 Å². The number of aliphatic hydroxyl groups excluding tert-OH is 1. The van der Waals surface area contributed by atoms with Crippen LogP contribution in [0.4, 0.5) is 9.59 Å². The Balaban J connectivity index is 1.05. The third-order valence-corrected chi connectivity index (χ3v) is 13.2. The van der Waals surface area contributed by atoms with E-state index in [4.69, 9.17) is 28.9 Å². The summed E-state index contributed by atoms with van der Waals surface area (Å²) in [5, 5.41) is 19.2. The van der Waals surface area contributed by atoms with Crippen LogP contribution in [-0.2, 0) is 25.6 Å². The van der Waals surface area contributed by atoms with Crippen LogP contribution >= 0.6 is 0 Å². The number of allylic oxidation sites excluding steroid dienone is 3. The number of aromatic amines is 2. The number of imidazole rings is 2.